The highest BCUT2D eigenvalue weighted by atomic mass is 15.0. The summed E-state index contributed by atoms with van der Waals surface area (Å²) in [6.07, 6.45) is 2.38. The van der Waals surface area contributed by atoms with Crippen LogP contribution < -0.4 is 10.6 Å². The summed E-state index contributed by atoms with van der Waals surface area (Å²) in [6, 6.07) is 9.20. The number of hydrogen-bond acceptors (Lipinski definition) is 2. The van der Waals surface area contributed by atoms with Crippen molar-refractivity contribution in [3.8, 4) is 0 Å². The van der Waals surface area contributed by atoms with Gasteiger partial charge in [-0.1, -0.05) is 18.2 Å². The van der Waals surface area contributed by atoms with Crippen molar-refractivity contribution in [2.75, 3.05) is 18.9 Å². The maximum absolute atomic E-state index is 3.53. The lowest BCUT2D eigenvalue weighted by atomic mass is 10.1. The third-order valence-electron chi connectivity index (χ3n) is 2.59. The third-order valence-corrected chi connectivity index (χ3v) is 2.59. The molecule has 13 heavy (non-hydrogen) atoms. The average Bonchev–Trinajstić information content (AvgIpc) is 2.57. The van der Waals surface area contributed by atoms with Crippen molar-refractivity contribution in [2.45, 2.75) is 18.9 Å². The summed E-state index contributed by atoms with van der Waals surface area (Å²) in [5, 5.41) is 6.71. The van der Waals surface area contributed by atoms with Gasteiger partial charge < -0.3 is 10.6 Å². The molecule has 1 aliphatic heterocycles. The lowest BCUT2D eigenvalue weighted by Gasteiger charge is -2.09. The van der Waals surface area contributed by atoms with E-state index in [4.69, 9.17) is 0 Å². The second kappa shape index (κ2) is 3.79. The fourth-order valence-electron chi connectivity index (χ4n) is 1.87. The SMILES string of the molecule is CNCCC1Cc2ccccc2N1. The Morgan fingerprint density at radius 2 is 2.31 bits per heavy atom. The van der Waals surface area contributed by atoms with E-state index in [0.717, 1.165) is 6.54 Å². The highest BCUT2D eigenvalue weighted by molar-refractivity contribution is 5.56. The molecule has 2 nitrogen and oxygen atoms in total. The largest absolute Gasteiger partial charge is 0.382 e. The van der Waals surface area contributed by atoms with Crippen LogP contribution in [0, 0.1) is 0 Å². The van der Waals surface area contributed by atoms with Gasteiger partial charge >= 0.3 is 0 Å². The van der Waals surface area contributed by atoms with E-state index in [0.29, 0.717) is 6.04 Å². The molecule has 1 unspecified atom stereocenters. The van der Waals surface area contributed by atoms with E-state index in [-0.39, 0.29) is 0 Å². The molecular weight excluding hydrogens is 160 g/mol. The van der Waals surface area contributed by atoms with Crippen LogP contribution in [0.2, 0.25) is 0 Å². The summed E-state index contributed by atoms with van der Waals surface area (Å²) in [5.41, 5.74) is 2.78. The van der Waals surface area contributed by atoms with E-state index in [1.165, 1.54) is 24.1 Å². The zero-order chi connectivity index (χ0) is 9.10. The van der Waals surface area contributed by atoms with Crippen LogP contribution in [0.3, 0.4) is 0 Å². The van der Waals surface area contributed by atoms with Gasteiger partial charge in [-0.15, -0.1) is 0 Å². The van der Waals surface area contributed by atoms with Gasteiger partial charge in [-0.25, -0.2) is 0 Å². The quantitative estimate of drug-likeness (QED) is 0.731. The molecule has 2 heteroatoms. The minimum atomic E-state index is 0.629. The second-order valence-corrected chi connectivity index (χ2v) is 3.59. The van der Waals surface area contributed by atoms with Gasteiger partial charge in [0.25, 0.3) is 0 Å². The number of nitrogens with one attached hydrogen (secondary N) is 2. The molecule has 0 radical (unpaired) electrons. The number of para-hydroxylation sites is 1. The molecule has 0 aromatic heterocycles. The van der Waals surface area contributed by atoms with Crippen molar-refractivity contribution in [1.82, 2.24) is 5.32 Å². The molecule has 1 aromatic carbocycles. The number of anilines is 1. The molecule has 70 valence electrons. The van der Waals surface area contributed by atoms with E-state index in [1.807, 2.05) is 7.05 Å². The average molecular weight is 176 g/mol. The fourth-order valence-corrected chi connectivity index (χ4v) is 1.87. The number of benzene rings is 1. The van der Waals surface area contributed by atoms with Crippen molar-refractivity contribution in [3.05, 3.63) is 29.8 Å². The maximum atomic E-state index is 3.53. The van der Waals surface area contributed by atoms with Crippen molar-refractivity contribution in [2.24, 2.45) is 0 Å². The van der Waals surface area contributed by atoms with Crippen LogP contribution in [-0.2, 0) is 6.42 Å². The Bertz CT molecular complexity index is 258. The molecule has 1 aromatic rings. The molecule has 2 rings (SSSR count). The molecule has 0 fully saturated rings. The molecular formula is C11H16N2. The van der Waals surface area contributed by atoms with Gasteiger partial charge in [-0.05, 0) is 38.1 Å². The van der Waals surface area contributed by atoms with Gasteiger partial charge in [0.05, 0.1) is 0 Å². The fraction of sp³-hybridized carbons (Fsp3) is 0.455. The smallest absolute Gasteiger partial charge is 0.0375 e. The summed E-state index contributed by atoms with van der Waals surface area (Å²) in [4.78, 5) is 0. The van der Waals surface area contributed by atoms with E-state index >= 15 is 0 Å². The summed E-state index contributed by atoms with van der Waals surface area (Å²) in [5.74, 6) is 0. The Balaban J connectivity index is 1.97. The summed E-state index contributed by atoms with van der Waals surface area (Å²) < 4.78 is 0. The second-order valence-electron chi connectivity index (χ2n) is 3.59. The minimum Gasteiger partial charge on any atom is -0.382 e. The number of hydrogen-bond donors (Lipinski definition) is 2. The molecule has 0 aliphatic carbocycles. The maximum Gasteiger partial charge on any atom is 0.0375 e. The van der Waals surface area contributed by atoms with Crippen LogP contribution >= 0.6 is 0 Å². The third kappa shape index (κ3) is 1.83. The first-order valence-electron chi connectivity index (χ1n) is 4.89. The lowest BCUT2D eigenvalue weighted by Crippen LogP contribution is -2.21. The monoisotopic (exact) mass is 176 g/mol. The first-order valence-corrected chi connectivity index (χ1v) is 4.89. The van der Waals surface area contributed by atoms with Crippen LogP contribution in [0.1, 0.15) is 12.0 Å². The topological polar surface area (TPSA) is 24.1 Å². The van der Waals surface area contributed by atoms with Gasteiger partial charge in [-0.3, -0.25) is 0 Å². The van der Waals surface area contributed by atoms with Crippen molar-refractivity contribution < 1.29 is 0 Å². The zero-order valence-electron chi connectivity index (χ0n) is 8.01. The van der Waals surface area contributed by atoms with Crippen molar-refractivity contribution >= 4 is 5.69 Å². The predicted molar refractivity (Wildman–Crippen MR) is 56.1 cm³/mol. The van der Waals surface area contributed by atoms with Crippen LogP contribution in [-0.4, -0.2) is 19.6 Å². The molecule has 0 spiro atoms. The minimum absolute atomic E-state index is 0.629. The number of fused-ring (bicyclic) bond motifs is 1. The van der Waals surface area contributed by atoms with Crippen LogP contribution in [0.5, 0.6) is 0 Å². The zero-order valence-corrected chi connectivity index (χ0v) is 8.01. The molecule has 1 heterocycles. The van der Waals surface area contributed by atoms with Gasteiger partial charge in [0, 0.05) is 11.7 Å². The molecule has 0 saturated heterocycles. The van der Waals surface area contributed by atoms with Gasteiger partial charge in [0.2, 0.25) is 0 Å². The van der Waals surface area contributed by atoms with Crippen molar-refractivity contribution in [3.63, 3.8) is 0 Å². The Hall–Kier alpha value is -1.02. The van der Waals surface area contributed by atoms with Crippen LogP contribution in [0.25, 0.3) is 0 Å². The molecule has 0 amide bonds. The van der Waals surface area contributed by atoms with E-state index in [2.05, 4.69) is 34.9 Å². The molecule has 1 atom stereocenters. The van der Waals surface area contributed by atoms with E-state index in [1.54, 1.807) is 0 Å². The number of rotatable bonds is 3. The first kappa shape index (κ1) is 8.57. The molecule has 0 bridgehead atoms. The Morgan fingerprint density at radius 1 is 1.46 bits per heavy atom. The normalized spacial score (nSPS) is 19.6. The van der Waals surface area contributed by atoms with Gasteiger partial charge in [-0.2, -0.15) is 0 Å². The van der Waals surface area contributed by atoms with E-state index < -0.39 is 0 Å². The highest BCUT2D eigenvalue weighted by Gasteiger charge is 2.18. The van der Waals surface area contributed by atoms with Gasteiger partial charge in [0.1, 0.15) is 0 Å². The molecule has 0 saturated carbocycles. The predicted octanol–water partition coefficient (Wildman–Crippen LogP) is 1.63. The Kier molecular flexibility index (Phi) is 2.50. The highest BCUT2D eigenvalue weighted by Crippen LogP contribution is 2.25. The Morgan fingerprint density at radius 3 is 3.08 bits per heavy atom. The summed E-state index contributed by atoms with van der Waals surface area (Å²) in [6.45, 7) is 1.09. The van der Waals surface area contributed by atoms with Crippen LogP contribution in [0.4, 0.5) is 5.69 Å². The van der Waals surface area contributed by atoms with Crippen molar-refractivity contribution in [1.29, 1.82) is 0 Å². The standard InChI is InChI=1S/C11H16N2/c1-12-7-6-10-8-9-4-2-3-5-11(9)13-10/h2-5,10,12-13H,6-8H2,1H3. The summed E-state index contributed by atoms with van der Waals surface area (Å²) in [7, 11) is 2.00. The lowest BCUT2D eigenvalue weighted by molar-refractivity contribution is 0.635. The summed E-state index contributed by atoms with van der Waals surface area (Å²) >= 11 is 0. The van der Waals surface area contributed by atoms with E-state index in [9.17, 15) is 0 Å². The molecule has 1 aliphatic rings. The van der Waals surface area contributed by atoms with Gasteiger partial charge in [0.15, 0.2) is 0 Å². The first-order chi connectivity index (χ1) is 6.40. The molecule has 2 N–H and O–H groups in total. The Labute approximate surface area is 79.4 Å². The van der Waals surface area contributed by atoms with Crippen LogP contribution in [0.15, 0.2) is 24.3 Å².